The Kier molecular flexibility index (Phi) is 7.60. The lowest BCUT2D eigenvalue weighted by molar-refractivity contribution is -0.274. The van der Waals surface area contributed by atoms with Crippen LogP contribution in [0.25, 0.3) is 0 Å². The Morgan fingerprint density at radius 2 is 1.62 bits per heavy atom. The van der Waals surface area contributed by atoms with Gasteiger partial charge in [-0.1, -0.05) is 18.2 Å². The van der Waals surface area contributed by atoms with Gasteiger partial charge in [-0.05, 0) is 86.8 Å². The molecule has 0 atom stereocenters. The van der Waals surface area contributed by atoms with Crippen LogP contribution in [0.15, 0.2) is 36.4 Å². The van der Waals surface area contributed by atoms with E-state index < -0.39 is 6.36 Å². The monoisotopic (exact) mass is 407 g/mol. The first-order valence-electron chi connectivity index (χ1n) is 10.5. The van der Waals surface area contributed by atoms with Gasteiger partial charge in [0, 0.05) is 12.7 Å². The SMILES string of the molecule is N#CC=C[C@H]1CC[C@H](OC[C@H]2CC[C@H](c3ccc(OC(F)(F)F)cc3)CC2)CC1. The number of hydrogen-bond acceptors (Lipinski definition) is 3. The molecule has 158 valence electrons. The van der Waals surface area contributed by atoms with Crippen molar-refractivity contribution < 1.29 is 22.6 Å². The third kappa shape index (κ3) is 7.08. The third-order valence-corrected chi connectivity index (χ3v) is 6.16. The molecule has 0 aliphatic heterocycles. The van der Waals surface area contributed by atoms with Crippen LogP contribution in [0.5, 0.6) is 5.75 Å². The molecule has 2 aliphatic rings. The number of alkyl halides is 3. The summed E-state index contributed by atoms with van der Waals surface area (Å²) >= 11 is 0. The van der Waals surface area contributed by atoms with E-state index in [0.717, 1.165) is 63.5 Å². The van der Waals surface area contributed by atoms with Crippen LogP contribution >= 0.6 is 0 Å². The van der Waals surface area contributed by atoms with E-state index in [1.165, 1.54) is 12.1 Å². The molecule has 0 spiro atoms. The van der Waals surface area contributed by atoms with Gasteiger partial charge in [-0.15, -0.1) is 13.2 Å². The maximum atomic E-state index is 12.3. The van der Waals surface area contributed by atoms with Crippen LogP contribution in [-0.2, 0) is 4.74 Å². The van der Waals surface area contributed by atoms with E-state index in [0.29, 0.717) is 23.9 Å². The lowest BCUT2D eigenvalue weighted by atomic mass is 9.79. The molecule has 0 N–H and O–H groups in total. The molecule has 29 heavy (non-hydrogen) atoms. The van der Waals surface area contributed by atoms with Gasteiger partial charge in [0.2, 0.25) is 0 Å². The summed E-state index contributed by atoms with van der Waals surface area (Å²) in [5.74, 6) is 1.31. The molecule has 3 rings (SSSR count). The number of hydrogen-bond donors (Lipinski definition) is 0. The largest absolute Gasteiger partial charge is 0.573 e. The highest BCUT2D eigenvalue weighted by Gasteiger charge is 2.31. The molecule has 0 aromatic heterocycles. The Morgan fingerprint density at radius 3 is 2.21 bits per heavy atom. The van der Waals surface area contributed by atoms with Crippen molar-refractivity contribution in [3.63, 3.8) is 0 Å². The first-order valence-corrected chi connectivity index (χ1v) is 10.5. The molecular weight excluding hydrogens is 379 g/mol. The Balaban J connectivity index is 1.37. The van der Waals surface area contributed by atoms with Crippen molar-refractivity contribution in [1.29, 1.82) is 5.26 Å². The van der Waals surface area contributed by atoms with Crippen molar-refractivity contribution >= 4 is 0 Å². The first kappa shape index (κ1) is 21.7. The van der Waals surface area contributed by atoms with Crippen molar-refractivity contribution in [1.82, 2.24) is 0 Å². The van der Waals surface area contributed by atoms with Crippen LogP contribution in [-0.4, -0.2) is 19.1 Å². The van der Waals surface area contributed by atoms with Gasteiger partial charge in [0.05, 0.1) is 12.2 Å². The molecule has 1 aromatic rings. The smallest absolute Gasteiger partial charge is 0.406 e. The van der Waals surface area contributed by atoms with Gasteiger partial charge in [0.25, 0.3) is 0 Å². The maximum absolute atomic E-state index is 12.3. The average Bonchev–Trinajstić information content (AvgIpc) is 2.71. The number of rotatable bonds is 6. The van der Waals surface area contributed by atoms with Crippen molar-refractivity contribution in [3.05, 3.63) is 42.0 Å². The fourth-order valence-corrected chi connectivity index (χ4v) is 4.50. The van der Waals surface area contributed by atoms with Gasteiger partial charge < -0.3 is 9.47 Å². The quantitative estimate of drug-likeness (QED) is 0.505. The summed E-state index contributed by atoms with van der Waals surface area (Å²) in [5.41, 5.74) is 1.09. The lowest BCUT2D eigenvalue weighted by Crippen LogP contribution is -2.25. The molecule has 6 heteroatoms. The van der Waals surface area contributed by atoms with Crippen molar-refractivity contribution in [2.45, 2.75) is 69.8 Å². The highest BCUT2D eigenvalue weighted by atomic mass is 19.4. The zero-order chi connectivity index (χ0) is 20.7. The number of ether oxygens (including phenoxy) is 2. The molecule has 0 radical (unpaired) electrons. The summed E-state index contributed by atoms with van der Waals surface area (Å²) in [6.45, 7) is 0.800. The maximum Gasteiger partial charge on any atom is 0.573 e. The highest BCUT2D eigenvalue weighted by Crippen LogP contribution is 2.37. The average molecular weight is 407 g/mol. The summed E-state index contributed by atoms with van der Waals surface area (Å²) in [7, 11) is 0. The summed E-state index contributed by atoms with van der Waals surface area (Å²) in [6, 6.07) is 8.37. The van der Waals surface area contributed by atoms with Crippen LogP contribution in [0.3, 0.4) is 0 Å². The predicted molar refractivity (Wildman–Crippen MR) is 104 cm³/mol. The van der Waals surface area contributed by atoms with Crippen molar-refractivity contribution in [2.75, 3.05) is 6.61 Å². The molecule has 2 aliphatic carbocycles. The number of allylic oxidation sites excluding steroid dienone is 2. The van der Waals surface area contributed by atoms with Crippen LogP contribution < -0.4 is 4.74 Å². The molecule has 0 saturated heterocycles. The Bertz CT molecular complexity index is 692. The van der Waals surface area contributed by atoms with Crippen LogP contribution in [0.4, 0.5) is 13.2 Å². The molecule has 2 saturated carbocycles. The van der Waals surface area contributed by atoms with Gasteiger partial charge in [-0.3, -0.25) is 0 Å². The van der Waals surface area contributed by atoms with E-state index >= 15 is 0 Å². The van der Waals surface area contributed by atoms with Gasteiger partial charge in [-0.2, -0.15) is 5.26 Å². The van der Waals surface area contributed by atoms with Crippen LogP contribution in [0.2, 0.25) is 0 Å². The minimum atomic E-state index is -4.65. The van der Waals surface area contributed by atoms with Crippen LogP contribution in [0, 0.1) is 23.2 Å². The predicted octanol–water partition coefficient (Wildman–Crippen LogP) is 6.51. The second-order valence-corrected chi connectivity index (χ2v) is 8.19. The first-order chi connectivity index (χ1) is 13.9. The Morgan fingerprint density at radius 1 is 0.966 bits per heavy atom. The van der Waals surface area contributed by atoms with E-state index in [9.17, 15) is 13.2 Å². The summed E-state index contributed by atoms with van der Waals surface area (Å²) < 4.78 is 46.9. The molecule has 0 amide bonds. The van der Waals surface area contributed by atoms with Gasteiger partial charge in [0.15, 0.2) is 0 Å². The molecule has 0 unspecified atom stereocenters. The fraction of sp³-hybridized carbons (Fsp3) is 0.609. The summed E-state index contributed by atoms with van der Waals surface area (Å²) in [4.78, 5) is 0. The fourth-order valence-electron chi connectivity index (χ4n) is 4.50. The normalized spacial score (nSPS) is 28.2. The topological polar surface area (TPSA) is 42.2 Å². The lowest BCUT2D eigenvalue weighted by Gasteiger charge is -2.32. The minimum Gasteiger partial charge on any atom is -0.406 e. The number of halogens is 3. The van der Waals surface area contributed by atoms with Gasteiger partial charge >= 0.3 is 6.36 Å². The number of benzene rings is 1. The number of nitrogens with zero attached hydrogens (tertiary/aromatic N) is 1. The van der Waals surface area contributed by atoms with Crippen LogP contribution in [0.1, 0.15) is 62.8 Å². The minimum absolute atomic E-state index is 0.166. The molecule has 3 nitrogen and oxygen atoms in total. The molecule has 0 heterocycles. The standard InChI is InChI=1S/C23H28F3NO2/c24-23(25,26)29-22-13-9-20(10-14-22)19-7-3-18(4-8-19)16-28-21-11-5-17(6-12-21)2-1-15-27/h1-2,9-10,13-14,17-19,21H,3-8,11-12,16H2/t17-,18-,19-,21-. The second kappa shape index (κ2) is 10.2. The summed E-state index contributed by atoms with van der Waals surface area (Å²) in [5, 5.41) is 8.61. The van der Waals surface area contributed by atoms with E-state index in [1.807, 2.05) is 6.08 Å². The Hall–Kier alpha value is -2.00. The second-order valence-electron chi connectivity index (χ2n) is 8.19. The zero-order valence-corrected chi connectivity index (χ0v) is 16.5. The molecule has 0 bridgehead atoms. The molecule has 1 aromatic carbocycles. The van der Waals surface area contributed by atoms with Gasteiger partial charge in [0.1, 0.15) is 5.75 Å². The highest BCUT2D eigenvalue weighted by molar-refractivity contribution is 5.29. The van der Waals surface area contributed by atoms with Crippen molar-refractivity contribution in [3.8, 4) is 11.8 Å². The molecular formula is C23H28F3NO2. The van der Waals surface area contributed by atoms with E-state index in [2.05, 4.69) is 10.8 Å². The zero-order valence-electron chi connectivity index (χ0n) is 16.5. The third-order valence-electron chi connectivity index (χ3n) is 6.16. The number of nitriles is 1. The van der Waals surface area contributed by atoms with E-state index in [1.54, 1.807) is 18.2 Å². The van der Waals surface area contributed by atoms with E-state index in [-0.39, 0.29) is 5.75 Å². The van der Waals surface area contributed by atoms with E-state index in [4.69, 9.17) is 10.00 Å². The van der Waals surface area contributed by atoms with Gasteiger partial charge in [-0.25, -0.2) is 0 Å². The summed E-state index contributed by atoms with van der Waals surface area (Å²) in [6.07, 6.45) is 7.83. The van der Waals surface area contributed by atoms with Crippen molar-refractivity contribution in [2.24, 2.45) is 11.8 Å². The molecule has 2 fully saturated rings. The Labute approximate surface area is 170 Å².